The van der Waals surface area contributed by atoms with Gasteiger partial charge in [-0.05, 0) is 43.5 Å². The van der Waals surface area contributed by atoms with Gasteiger partial charge in [0.05, 0.1) is 28.4 Å². The molecule has 0 saturated heterocycles. The summed E-state index contributed by atoms with van der Waals surface area (Å²) < 4.78 is 40.2. The molecule has 1 amide bonds. The van der Waals surface area contributed by atoms with Crippen LogP contribution in [-0.4, -0.2) is 15.7 Å². The van der Waals surface area contributed by atoms with Crippen molar-refractivity contribution in [2.45, 2.75) is 26.1 Å². The largest absolute Gasteiger partial charge is 0.416 e. The molecule has 3 aromatic rings. The van der Waals surface area contributed by atoms with Crippen LogP contribution in [0.3, 0.4) is 0 Å². The molecular weight excluding hydrogens is 363 g/mol. The van der Waals surface area contributed by atoms with Crippen LogP contribution in [0, 0.1) is 6.92 Å². The normalized spacial score (nSPS) is 12.8. The highest BCUT2D eigenvalue weighted by Crippen LogP contribution is 2.31. The van der Waals surface area contributed by atoms with Crippen molar-refractivity contribution in [2.24, 2.45) is 0 Å². The molecule has 0 aliphatic carbocycles. The average Bonchev–Trinajstić information content (AvgIpc) is 3.23. The molecular formula is C18H16F3N3OS. The second-order valence-electron chi connectivity index (χ2n) is 5.82. The molecule has 0 aliphatic rings. The number of aromatic nitrogens is 2. The highest BCUT2D eigenvalue weighted by Gasteiger charge is 2.30. The third kappa shape index (κ3) is 3.65. The Morgan fingerprint density at radius 3 is 2.69 bits per heavy atom. The van der Waals surface area contributed by atoms with Gasteiger partial charge in [-0.2, -0.15) is 18.3 Å². The molecule has 0 aliphatic heterocycles. The zero-order valence-corrected chi connectivity index (χ0v) is 14.9. The van der Waals surface area contributed by atoms with E-state index in [-0.39, 0.29) is 11.9 Å². The van der Waals surface area contributed by atoms with Crippen molar-refractivity contribution >= 4 is 17.2 Å². The molecule has 2 aromatic heterocycles. The molecule has 3 rings (SSSR count). The number of thiophene rings is 1. The first-order valence-corrected chi connectivity index (χ1v) is 8.72. The van der Waals surface area contributed by atoms with Gasteiger partial charge in [0.25, 0.3) is 5.91 Å². The first-order valence-electron chi connectivity index (χ1n) is 7.84. The molecule has 1 atom stereocenters. The van der Waals surface area contributed by atoms with Gasteiger partial charge in [-0.3, -0.25) is 4.79 Å². The van der Waals surface area contributed by atoms with Crippen molar-refractivity contribution in [3.8, 4) is 5.69 Å². The molecule has 8 heteroatoms. The Hall–Kier alpha value is -2.61. The topological polar surface area (TPSA) is 46.9 Å². The molecule has 1 aromatic carbocycles. The lowest BCUT2D eigenvalue weighted by atomic mass is 10.1. The third-order valence-corrected chi connectivity index (χ3v) is 4.89. The van der Waals surface area contributed by atoms with E-state index < -0.39 is 11.7 Å². The fraction of sp³-hybridized carbons (Fsp3) is 0.222. The zero-order valence-electron chi connectivity index (χ0n) is 14.0. The maximum absolute atomic E-state index is 12.9. The predicted octanol–water partition coefficient (Wildman–Crippen LogP) is 4.75. The molecule has 4 nitrogen and oxygen atoms in total. The summed E-state index contributed by atoms with van der Waals surface area (Å²) in [6.07, 6.45) is -2.85. The lowest BCUT2D eigenvalue weighted by molar-refractivity contribution is -0.137. The van der Waals surface area contributed by atoms with E-state index in [1.807, 2.05) is 12.3 Å². The molecule has 0 radical (unpaired) electrons. The number of nitrogens with one attached hydrogen (secondary N) is 1. The lowest BCUT2D eigenvalue weighted by Gasteiger charge is -2.14. The van der Waals surface area contributed by atoms with E-state index in [2.05, 4.69) is 10.4 Å². The fourth-order valence-corrected chi connectivity index (χ4v) is 3.30. The second kappa shape index (κ2) is 6.95. The van der Waals surface area contributed by atoms with Crippen LogP contribution >= 0.6 is 11.3 Å². The van der Waals surface area contributed by atoms with E-state index in [4.69, 9.17) is 0 Å². The SMILES string of the molecule is Cc1c([C@@H](C)NC(=O)c2cccs2)cnn1-c1cccc(C(F)(F)F)c1. The Kier molecular flexibility index (Phi) is 4.86. The number of amides is 1. The van der Waals surface area contributed by atoms with Gasteiger partial charge >= 0.3 is 6.18 Å². The van der Waals surface area contributed by atoms with Crippen LogP contribution in [0.2, 0.25) is 0 Å². The highest BCUT2D eigenvalue weighted by atomic mass is 32.1. The highest BCUT2D eigenvalue weighted by molar-refractivity contribution is 7.12. The summed E-state index contributed by atoms with van der Waals surface area (Å²) in [6, 6.07) is 8.18. The third-order valence-electron chi connectivity index (χ3n) is 4.02. The van der Waals surface area contributed by atoms with Crippen LogP contribution in [0.25, 0.3) is 5.69 Å². The van der Waals surface area contributed by atoms with E-state index in [1.165, 1.54) is 22.1 Å². The Labute approximate surface area is 152 Å². The van der Waals surface area contributed by atoms with Gasteiger partial charge in [-0.1, -0.05) is 12.1 Å². The molecule has 0 bridgehead atoms. The molecule has 26 heavy (non-hydrogen) atoms. The molecule has 0 fully saturated rings. The van der Waals surface area contributed by atoms with Crippen molar-refractivity contribution in [1.29, 1.82) is 0 Å². The number of halogens is 3. The molecule has 0 spiro atoms. The Morgan fingerprint density at radius 1 is 1.27 bits per heavy atom. The minimum Gasteiger partial charge on any atom is -0.345 e. The number of nitrogens with zero attached hydrogens (tertiary/aromatic N) is 2. The van der Waals surface area contributed by atoms with Crippen molar-refractivity contribution in [2.75, 3.05) is 0 Å². The molecule has 136 valence electrons. The van der Waals surface area contributed by atoms with Gasteiger partial charge in [0, 0.05) is 11.3 Å². The maximum atomic E-state index is 12.9. The Morgan fingerprint density at radius 2 is 2.04 bits per heavy atom. The van der Waals surface area contributed by atoms with Crippen LogP contribution in [0.4, 0.5) is 13.2 Å². The number of hydrogen-bond donors (Lipinski definition) is 1. The summed E-state index contributed by atoms with van der Waals surface area (Å²) in [6.45, 7) is 3.57. The van der Waals surface area contributed by atoms with Crippen LogP contribution in [0.5, 0.6) is 0 Å². The first-order chi connectivity index (χ1) is 12.3. The van der Waals surface area contributed by atoms with Gasteiger partial charge < -0.3 is 5.32 Å². The predicted molar refractivity (Wildman–Crippen MR) is 93.5 cm³/mol. The van der Waals surface area contributed by atoms with Crippen LogP contribution in [0.1, 0.15) is 39.5 Å². The zero-order chi connectivity index (χ0) is 18.9. The van der Waals surface area contributed by atoms with Crippen LogP contribution in [0.15, 0.2) is 48.0 Å². The van der Waals surface area contributed by atoms with E-state index >= 15 is 0 Å². The van der Waals surface area contributed by atoms with Crippen molar-refractivity contribution in [1.82, 2.24) is 15.1 Å². The Bertz CT molecular complexity index is 916. The Balaban J connectivity index is 1.85. The van der Waals surface area contributed by atoms with E-state index in [1.54, 1.807) is 31.3 Å². The molecule has 0 unspecified atom stereocenters. The quantitative estimate of drug-likeness (QED) is 0.711. The van der Waals surface area contributed by atoms with E-state index in [0.29, 0.717) is 16.3 Å². The lowest BCUT2D eigenvalue weighted by Crippen LogP contribution is -2.26. The van der Waals surface area contributed by atoms with Gasteiger partial charge in [0.2, 0.25) is 0 Å². The maximum Gasteiger partial charge on any atom is 0.416 e. The fourth-order valence-electron chi connectivity index (χ4n) is 2.67. The summed E-state index contributed by atoms with van der Waals surface area (Å²) in [4.78, 5) is 12.8. The number of alkyl halides is 3. The standard InChI is InChI=1S/C18H16F3N3OS/c1-11(23-17(25)16-7-4-8-26-16)15-10-22-24(12(15)2)14-6-3-5-13(9-14)18(19,20)21/h3-11H,1-2H3,(H,23,25)/t11-/m1/s1. The monoisotopic (exact) mass is 379 g/mol. The number of carbonyl (C=O) groups excluding carboxylic acids is 1. The summed E-state index contributed by atoms with van der Waals surface area (Å²) in [7, 11) is 0. The van der Waals surface area contributed by atoms with Crippen LogP contribution < -0.4 is 5.32 Å². The first kappa shape index (κ1) is 18.2. The van der Waals surface area contributed by atoms with Gasteiger partial charge in [-0.15, -0.1) is 11.3 Å². The average molecular weight is 379 g/mol. The minimum absolute atomic E-state index is 0.196. The summed E-state index contributed by atoms with van der Waals surface area (Å²) in [5.41, 5.74) is 1.00. The summed E-state index contributed by atoms with van der Waals surface area (Å²) >= 11 is 1.34. The molecule has 0 saturated carbocycles. The minimum atomic E-state index is -4.41. The van der Waals surface area contributed by atoms with Gasteiger partial charge in [0.1, 0.15) is 0 Å². The van der Waals surface area contributed by atoms with E-state index in [9.17, 15) is 18.0 Å². The number of hydrogen-bond acceptors (Lipinski definition) is 3. The molecule has 1 N–H and O–H groups in total. The smallest absolute Gasteiger partial charge is 0.345 e. The summed E-state index contributed by atoms with van der Waals surface area (Å²) in [5, 5.41) is 8.89. The molecule has 2 heterocycles. The van der Waals surface area contributed by atoms with Crippen molar-refractivity contribution < 1.29 is 18.0 Å². The number of rotatable bonds is 4. The van der Waals surface area contributed by atoms with E-state index in [0.717, 1.165) is 17.7 Å². The number of carbonyl (C=O) groups is 1. The number of benzene rings is 1. The second-order valence-corrected chi connectivity index (χ2v) is 6.77. The summed E-state index contributed by atoms with van der Waals surface area (Å²) in [5.74, 6) is -0.196. The van der Waals surface area contributed by atoms with Gasteiger partial charge in [-0.25, -0.2) is 4.68 Å². The van der Waals surface area contributed by atoms with Gasteiger partial charge in [0.15, 0.2) is 0 Å². The van der Waals surface area contributed by atoms with Crippen molar-refractivity contribution in [3.63, 3.8) is 0 Å². The van der Waals surface area contributed by atoms with Crippen molar-refractivity contribution in [3.05, 3.63) is 69.7 Å². The van der Waals surface area contributed by atoms with Crippen LogP contribution in [-0.2, 0) is 6.18 Å².